The zero-order valence-electron chi connectivity index (χ0n) is 2.16. The summed E-state index contributed by atoms with van der Waals surface area (Å²) < 4.78 is 0. The SMILES string of the molecule is [Cu].[PH2][SnH].[Zn]. The quantitative estimate of drug-likeness (QED) is 0.421. The van der Waals surface area contributed by atoms with Crippen molar-refractivity contribution in [3.63, 3.8) is 0 Å². The third-order valence-electron chi connectivity index (χ3n) is 0. The van der Waals surface area contributed by atoms with E-state index in [9.17, 15) is 0 Å². The van der Waals surface area contributed by atoms with Gasteiger partial charge in [-0.05, 0) is 0 Å². The second-order valence-corrected chi connectivity index (χ2v) is 0. The van der Waals surface area contributed by atoms with Crippen molar-refractivity contribution >= 4 is 28.9 Å². The summed E-state index contributed by atoms with van der Waals surface area (Å²) in [7, 11) is 0. The van der Waals surface area contributed by atoms with Gasteiger partial charge in [0.25, 0.3) is 0 Å². The minimum Gasteiger partial charge on any atom is 0 e. The molecule has 0 fully saturated rings. The van der Waals surface area contributed by atoms with E-state index in [1.807, 2.05) is 0 Å². The normalized spacial score (nSPS) is 1.50. The van der Waals surface area contributed by atoms with Gasteiger partial charge < -0.3 is 0 Å². The smallest absolute Gasteiger partial charge is 0 e. The van der Waals surface area contributed by atoms with Crippen LogP contribution in [0.25, 0.3) is 0 Å². The summed E-state index contributed by atoms with van der Waals surface area (Å²) in [5, 5.41) is 0. The van der Waals surface area contributed by atoms with Gasteiger partial charge in [0.1, 0.15) is 0 Å². The van der Waals surface area contributed by atoms with Crippen LogP contribution in [0.4, 0.5) is 0 Å². The van der Waals surface area contributed by atoms with E-state index < -0.39 is 0 Å². The first-order valence-corrected chi connectivity index (χ1v) is 6.71. The Morgan fingerprint density at radius 1 is 1.25 bits per heavy atom. The van der Waals surface area contributed by atoms with Crippen molar-refractivity contribution in [1.82, 2.24) is 0 Å². The molecule has 0 nitrogen and oxygen atoms in total. The predicted molar refractivity (Wildman–Crippen MR) is 16.9 cm³/mol. The maximum Gasteiger partial charge on any atom is 0 e. The summed E-state index contributed by atoms with van der Waals surface area (Å²) in [6, 6.07) is 0. The standard InChI is InChI=1S/Cu.H2P.Sn.Zn.H/h;1H2;;;/q;-1;+1;;. The Morgan fingerprint density at radius 2 is 1.25 bits per heavy atom. The van der Waals surface area contributed by atoms with E-state index in [-0.39, 0.29) is 36.5 Å². The maximum atomic E-state index is 2.55. The minimum atomic E-state index is 0. The Bertz CT molecular complexity index is 8.00. The van der Waals surface area contributed by atoms with E-state index in [1.54, 1.807) is 0 Å². The van der Waals surface area contributed by atoms with Crippen molar-refractivity contribution in [2.45, 2.75) is 0 Å². The molecular formula is H3CuPSnZn. The third-order valence-corrected chi connectivity index (χ3v) is 0. The maximum absolute atomic E-state index is 2.55. The van der Waals surface area contributed by atoms with Crippen LogP contribution in [0.5, 0.6) is 0 Å². The zero-order valence-corrected chi connectivity index (χ0v) is 10.5. The Morgan fingerprint density at radius 3 is 1.25 bits per heavy atom. The summed E-state index contributed by atoms with van der Waals surface area (Å²) >= 11 is 1.27. The van der Waals surface area contributed by atoms with Gasteiger partial charge in [0.15, 0.2) is 0 Å². The van der Waals surface area contributed by atoms with Gasteiger partial charge >= 0.3 is 28.9 Å². The Kier molecular flexibility index (Phi) is 73.8. The second-order valence-electron chi connectivity index (χ2n) is 0. The Balaban J connectivity index is -0.00000000500. The van der Waals surface area contributed by atoms with Gasteiger partial charge in [-0.1, -0.05) is 0 Å². The van der Waals surface area contributed by atoms with Crippen LogP contribution in [0.3, 0.4) is 0 Å². The molecule has 0 aliphatic heterocycles. The first kappa shape index (κ1) is 16.2. The summed E-state index contributed by atoms with van der Waals surface area (Å²) in [5.74, 6) is 0. The summed E-state index contributed by atoms with van der Waals surface area (Å²) in [4.78, 5) is 0. The van der Waals surface area contributed by atoms with E-state index in [0.717, 1.165) is 0 Å². The molecule has 0 N–H and O–H groups in total. The van der Waals surface area contributed by atoms with E-state index in [4.69, 9.17) is 0 Å². The van der Waals surface area contributed by atoms with Crippen molar-refractivity contribution in [1.29, 1.82) is 0 Å². The molecule has 0 rings (SSSR count). The van der Waals surface area contributed by atoms with Gasteiger partial charge in [-0.15, -0.1) is 0 Å². The average molecular weight is 282 g/mol. The molecule has 0 spiro atoms. The molecule has 4 heavy (non-hydrogen) atoms. The van der Waals surface area contributed by atoms with Gasteiger partial charge in [-0.3, -0.25) is 0 Å². The topological polar surface area (TPSA) is 0 Å². The molecule has 0 aliphatic carbocycles. The molecule has 4 heteroatoms. The van der Waals surface area contributed by atoms with Gasteiger partial charge in [-0.2, -0.15) is 0 Å². The van der Waals surface area contributed by atoms with Crippen molar-refractivity contribution in [2.75, 3.05) is 0 Å². The van der Waals surface area contributed by atoms with Crippen LogP contribution in [-0.2, 0) is 36.5 Å². The van der Waals surface area contributed by atoms with E-state index >= 15 is 0 Å². The molecule has 1 unspecified atom stereocenters. The number of rotatable bonds is 0. The van der Waals surface area contributed by atoms with Crippen molar-refractivity contribution in [3.8, 4) is 0 Å². The van der Waals surface area contributed by atoms with Gasteiger partial charge in [-0.25, -0.2) is 0 Å². The van der Waals surface area contributed by atoms with Crippen LogP contribution in [0, 0.1) is 0 Å². The molecule has 0 saturated heterocycles. The zero-order chi connectivity index (χ0) is 2.00. The Hall–Kier alpha value is 2.37. The number of hydrogen-bond donors (Lipinski definition) is 0. The first-order valence-electron chi connectivity index (χ1n) is 0.333. The molecule has 0 amide bonds. The largest absolute Gasteiger partial charge is 0 e. The summed E-state index contributed by atoms with van der Waals surface area (Å²) in [5.41, 5.74) is 0. The molecule has 0 aliphatic rings. The molecular weight excluding hydrogens is 279 g/mol. The van der Waals surface area contributed by atoms with E-state index in [2.05, 4.69) is 6.89 Å². The van der Waals surface area contributed by atoms with Crippen LogP contribution in [-0.4, -0.2) is 22.0 Å². The van der Waals surface area contributed by atoms with Crippen LogP contribution < -0.4 is 0 Å². The molecule has 0 aromatic carbocycles. The average Bonchev–Trinajstić information content (AvgIpc) is 1.00. The van der Waals surface area contributed by atoms with Crippen LogP contribution in [0.1, 0.15) is 0 Å². The van der Waals surface area contributed by atoms with Crippen LogP contribution in [0.2, 0.25) is 0 Å². The summed E-state index contributed by atoms with van der Waals surface area (Å²) in [6.45, 7) is 2.55. The van der Waals surface area contributed by atoms with Gasteiger partial charge in [0.2, 0.25) is 0 Å². The molecule has 3 radical (unpaired) electrons. The fourth-order valence-electron chi connectivity index (χ4n) is 0. The molecule has 0 aromatic heterocycles. The fraction of sp³-hybridized carbons (Fsp3) is 0. The molecule has 0 saturated carbocycles. The molecule has 25 valence electrons. The van der Waals surface area contributed by atoms with Crippen LogP contribution >= 0.6 is 6.89 Å². The van der Waals surface area contributed by atoms with Crippen molar-refractivity contribution in [3.05, 3.63) is 0 Å². The van der Waals surface area contributed by atoms with Gasteiger partial charge in [0, 0.05) is 36.5 Å². The molecule has 0 heterocycles. The number of hydrogen-bond acceptors (Lipinski definition) is 0. The van der Waals surface area contributed by atoms with E-state index in [0.29, 0.717) is 0 Å². The summed E-state index contributed by atoms with van der Waals surface area (Å²) in [6.07, 6.45) is 0. The minimum absolute atomic E-state index is 0. The fourth-order valence-corrected chi connectivity index (χ4v) is 0. The second kappa shape index (κ2) is 18.3. The molecule has 0 bridgehead atoms. The first-order chi connectivity index (χ1) is 1.00. The molecule has 0 aromatic rings. The predicted octanol–water partition coefficient (Wildman–Crippen LogP) is -0.328. The van der Waals surface area contributed by atoms with Crippen LogP contribution in [0.15, 0.2) is 0 Å². The third kappa shape index (κ3) is 8.84. The van der Waals surface area contributed by atoms with E-state index in [1.165, 1.54) is 22.0 Å². The molecule has 1 atom stereocenters. The monoisotopic (exact) mass is 281 g/mol. The van der Waals surface area contributed by atoms with Crippen molar-refractivity contribution in [2.24, 2.45) is 0 Å². The van der Waals surface area contributed by atoms with Crippen molar-refractivity contribution < 1.29 is 36.5 Å². The van der Waals surface area contributed by atoms with Gasteiger partial charge in [0.05, 0.1) is 0 Å². The Labute approximate surface area is 64.7 Å².